The summed E-state index contributed by atoms with van der Waals surface area (Å²) in [5.41, 5.74) is 0. The molecule has 0 heterocycles. The van der Waals surface area contributed by atoms with Gasteiger partial charge in [0.15, 0.2) is 0 Å². The van der Waals surface area contributed by atoms with Crippen molar-refractivity contribution >= 4 is 48.6 Å². The van der Waals surface area contributed by atoms with Crippen LogP contribution in [-0.2, 0) is 31.2 Å². The molecule has 0 unspecified atom stereocenters. The Morgan fingerprint density at radius 2 is 0.647 bits per heavy atom. The maximum Gasteiger partial charge on any atom is 3.00 e. The van der Waals surface area contributed by atoms with Crippen LogP contribution in [0.5, 0.6) is 0 Å². The molecule has 0 aromatic heterocycles. The number of rotatable bonds is 0. The van der Waals surface area contributed by atoms with Crippen LogP contribution in [0.3, 0.4) is 0 Å². The van der Waals surface area contributed by atoms with E-state index in [1.54, 1.807) is 0 Å². The van der Waals surface area contributed by atoms with Crippen LogP contribution in [0.1, 0.15) is 0 Å². The van der Waals surface area contributed by atoms with Gasteiger partial charge in [0.2, 0.25) is 0 Å². The fourth-order valence-corrected chi connectivity index (χ4v) is 0. The molecule has 0 aromatic rings. The van der Waals surface area contributed by atoms with E-state index < -0.39 is 31.2 Å². The quantitative estimate of drug-likeness (QED) is 0.238. The van der Waals surface area contributed by atoms with Gasteiger partial charge in [0.25, 0.3) is 0 Å². The molecule has 0 rings (SSSR count). The Morgan fingerprint density at radius 3 is 0.647 bits per heavy atom. The number of hydrogen-bond donors (Lipinski definition) is 2. The van der Waals surface area contributed by atoms with E-state index in [4.69, 9.17) is 52.6 Å². The molecule has 0 aromatic carbocycles. The molecular formula is H2AlNaO12S3. The Morgan fingerprint density at radius 1 is 0.647 bits per heavy atom. The molecule has 0 aliphatic heterocycles. The predicted octanol–water partition coefficient (Wildman–Crippen LogP) is -6.71. The van der Waals surface area contributed by atoms with Gasteiger partial charge in [0.05, 0.1) is 0 Å². The summed E-state index contributed by atoms with van der Waals surface area (Å²) in [6.07, 6.45) is 0. The van der Waals surface area contributed by atoms with Crippen LogP contribution >= 0.6 is 0 Å². The van der Waals surface area contributed by atoms with Crippen LogP contribution < -0.4 is 29.6 Å². The van der Waals surface area contributed by atoms with Crippen molar-refractivity contribution in [3.63, 3.8) is 0 Å². The smallest absolute Gasteiger partial charge is 0.759 e. The summed E-state index contributed by atoms with van der Waals surface area (Å²) >= 11 is 0. The summed E-state index contributed by atoms with van der Waals surface area (Å²) in [6.45, 7) is 0. The van der Waals surface area contributed by atoms with Crippen molar-refractivity contribution < 1.29 is 82.1 Å². The van der Waals surface area contributed by atoms with E-state index in [9.17, 15) is 0 Å². The van der Waals surface area contributed by atoms with Gasteiger partial charge in [0.1, 0.15) is 0 Å². The minimum atomic E-state index is -5.17. The molecule has 0 amide bonds. The molecule has 0 aliphatic rings. The van der Waals surface area contributed by atoms with Gasteiger partial charge in [-0.2, -0.15) is 8.42 Å². The maximum atomic E-state index is 8.74. The Bertz CT molecular complexity index is 343. The van der Waals surface area contributed by atoms with Gasteiger partial charge in [-0.3, -0.25) is 25.9 Å². The van der Waals surface area contributed by atoms with Gasteiger partial charge in [-0.15, -0.1) is 0 Å². The van der Waals surface area contributed by atoms with Crippen LogP contribution in [0.2, 0.25) is 0 Å². The van der Waals surface area contributed by atoms with Crippen molar-refractivity contribution in [1.29, 1.82) is 0 Å². The maximum absolute atomic E-state index is 8.74. The van der Waals surface area contributed by atoms with Crippen LogP contribution in [0, 0.1) is 0 Å². The Kier molecular flexibility index (Phi) is 22.1. The van der Waals surface area contributed by atoms with Gasteiger partial charge >= 0.3 is 57.3 Å². The second kappa shape index (κ2) is 12.2. The van der Waals surface area contributed by atoms with Crippen LogP contribution in [-0.4, -0.2) is 69.9 Å². The van der Waals surface area contributed by atoms with E-state index in [0.717, 1.165) is 0 Å². The van der Waals surface area contributed by atoms with Crippen LogP contribution in [0.25, 0.3) is 0 Å². The normalized spacial score (nSPS) is 10.2. The Balaban J connectivity index is -0.0000000400. The summed E-state index contributed by atoms with van der Waals surface area (Å²) < 4.78 is 99.7. The molecule has 17 heteroatoms. The van der Waals surface area contributed by atoms with E-state index >= 15 is 0 Å². The van der Waals surface area contributed by atoms with Crippen LogP contribution in [0.15, 0.2) is 0 Å². The van der Waals surface area contributed by atoms with Crippen molar-refractivity contribution in [1.82, 2.24) is 0 Å². The second-order valence-electron chi connectivity index (χ2n) is 1.26. The summed E-state index contributed by atoms with van der Waals surface area (Å²) in [4.78, 5) is 0. The molecule has 0 bridgehead atoms. The zero-order chi connectivity index (χ0) is 13.5. The zero-order valence-electron chi connectivity index (χ0n) is 7.78. The van der Waals surface area contributed by atoms with E-state index in [1.165, 1.54) is 0 Å². The molecular weight excluding hydrogens is 338 g/mol. The summed E-state index contributed by atoms with van der Waals surface area (Å²) in [6, 6.07) is 0. The van der Waals surface area contributed by atoms with Gasteiger partial charge in [-0.1, -0.05) is 0 Å². The van der Waals surface area contributed by atoms with E-state index in [-0.39, 0.29) is 46.9 Å². The summed E-state index contributed by atoms with van der Waals surface area (Å²) in [5.74, 6) is 0. The standard InChI is InChI=1S/Al.Na.3H2O4S/c;;3*1-5(2,3)4/h;;3*(H2,1,2,3,4)/q+3;+1;;;/p-4. The van der Waals surface area contributed by atoms with E-state index in [1.807, 2.05) is 0 Å². The second-order valence-corrected chi connectivity index (χ2v) is 3.79. The first kappa shape index (κ1) is 30.9. The molecule has 96 valence electrons. The molecule has 0 radical (unpaired) electrons. The van der Waals surface area contributed by atoms with Gasteiger partial charge in [0, 0.05) is 20.8 Å². The molecule has 0 saturated carbocycles. The Labute approximate surface area is 130 Å². The van der Waals surface area contributed by atoms with E-state index in [2.05, 4.69) is 0 Å². The van der Waals surface area contributed by atoms with Crippen molar-refractivity contribution in [2.75, 3.05) is 0 Å². The minimum Gasteiger partial charge on any atom is -0.759 e. The fraction of sp³-hybridized carbons (Fsp3) is 0. The fourth-order valence-electron chi connectivity index (χ4n) is 0. The molecule has 2 N–H and O–H groups in total. The third-order valence-electron chi connectivity index (χ3n) is 0. The first-order valence-electron chi connectivity index (χ1n) is 2.03. The minimum absolute atomic E-state index is 0. The van der Waals surface area contributed by atoms with Gasteiger partial charge in [-0.25, -0.2) is 0 Å². The number of hydrogen-bond acceptors (Lipinski definition) is 10. The van der Waals surface area contributed by atoms with Gasteiger partial charge < -0.3 is 18.2 Å². The Hall–Kier alpha value is 1.14. The van der Waals surface area contributed by atoms with Crippen molar-refractivity contribution in [3.05, 3.63) is 0 Å². The molecule has 0 atom stereocenters. The van der Waals surface area contributed by atoms with Crippen molar-refractivity contribution in [2.45, 2.75) is 0 Å². The zero-order valence-corrected chi connectivity index (χ0v) is 13.4. The molecule has 0 fully saturated rings. The third kappa shape index (κ3) is 3010. The average Bonchev–Trinajstić information content (AvgIpc) is 1.41. The SMILES string of the molecule is O=S(=O)(O)O.O=S(=O)([O-])[O-].O=S(=O)([O-])[O-].[Al+3].[Na+]. The predicted molar refractivity (Wildman–Crippen MR) is 40.9 cm³/mol. The van der Waals surface area contributed by atoms with Gasteiger partial charge in [-0.05, 0) is 0 Å². The first-order valence-corrected chi connectivity index (χ1v) is 6.10. The summed E-state index contributed by atoms with van der Waals surface area (Å²) in [7, 11) is -15.0. The molecule has 0 saturated heterocycles. The molecule has 17 heavy (non-hydrogen) atoms. The topological polar surface area (TPSA) is 235 Å². The average molecular weight is 340 g/mol. The van der Waals surface area contributed by atoms with E-state index in [0.29, 0.717) is 0 Å². The first-order chi connectivity index (χ1) is 6.00. The van der Waals surface area contributed by atoms with Crippen LogP contribution in [0.4, 0.5) is 0 Å². The molecule has 12 nitrogen and oxygen atoms in total. The van der Waals surface area contributed by atoms with Crippen molar-refractivity contribution in [3.8, 4) is 0 Å². The molecule has 0 spiro atoms. The monoisotopic (exact) mass is 340 g/mol. The molecule has 0 aliphatic carbocycles. The van der Waals surface area contributed by atoms with Crippen molar-refractivity contribution in [2.24, 2.45) is 0 Å². The summed E-state index contributed by atoms with van der Waals surface area (Å²) in [5, 5.41) is 0. The third-order valence-corrected chi connectivity index (χ3v) is 0. The largest absolute Gasteiger partial charge is 3.00 e.